The summed E-state index contributed by atoms with van der Waals surface area (Å²) in [5, 5.41) is 7.92. The van der Waals surface area contributed by atoms with Crippen LogP contribution < -0.4 is 10.1 Å². The van der Waals surface area contributed by atoms with Gasteiger partial charge in [-0.25, -0.2) is 9.50 Å². The van der Waals surface area contributed by atoms with Gasteiger partial charge < -0.3 is 15.0 Å². The van der Waals surface area contributed by atoms with Crippen LogP contribution in [0.5, 0.6) is 5.75 Å². The minimum atomic E-state index is -0.163. The van der Waals surface area contributed by atoms with E-state index in [1.165, 1.54) is 16.7 Å². The molecule has 0 saturated carbocycles. The van der Waals surface area contributed by atoms with Crippen molar-refractivity contribution < 1.29 is 14.3 Å². The van der Waals surface area contributed by atoms with Gasteiger partial charge in [-0.2, -0.15) is 4.98 Å². The van der Waals surface area contributed by atoms with E-state index in [1.54, 1.807) is 42.9 Å². The minimum Gasteiger partial charge on any atom is -0.484 e. The first-order chi connectivity index (χ1) is 14.3. The molecule has 1 N–H and O–H groups in total. The largest absolute Gasteiger partial charge is 0.484 e. The van der Waals surface area contributed by atoms with Crippen LogP contribution in [0.4, 0.5) is 5.69 Å². The SMILES string of the molecule is CSc1nc2nc(C)c(CC(=O)Nc3ccc(OCC(=O)N(C)C)cc3)c(C)n2n1. The molecule has 1 aromatic carbocycles. The number of thioether (sulfide) groups is 1. The van der Waals surface area contributed by atoms with E-state index in [0.717, 1.165) is 17.0 Å². The maximum Gasteiger partial charge on any atom is 0.259 e. The van der Waals surface area contributed by atoms with Crippen molar-refractivity contribution in [2.45, 2.75) is 25.4 Å². The highest BCUT2D eigenvalue weighted by Gasteiger charge is 2.16. The van der Waals surface area contributed by atoms with E-state index in [4.69, 9.17) is 4.74 Å². The molecule has 3 rings (SSSR count). The molecule has 0 aliphatic heterocycles. The molecule has 158 valence electrons. The number of rotatable bonds is 7. The van der Waals surface area contributed by atoms with Crippen molar-refractivity contribution in [3.8, 4) is 5.75 Å². The number of nitrogens with zero attached hydrogens (tertiary/aromatic N) is 5. The van der Waals surface area contributed by atoms with E-state index in [9.17, 15) is 9.59 Å². The molecule has 2 aromatic heterocycles. The van der Waals surface area contributed by atoms with Crippen LogP contribution in [0.1, 0.15) is 17.0 Å². The van der Waals surface area contributed by atoms with Crippen LogP contribution in [-0.2, 0) is 16.0 Å². The zero-order valence-corrected chi connectivity index (χ0v) is 18.4. The average Bonchev–Trinajstić information content (AvgIpc) is 3.13. The third-order valence-corrected chi connectivity index (χ3v) is 5.09. The number of aryl methyl sites for hydroxylation is 2. The molecule has 0 aliphatic rings. The topological polar surface area (TPSA) is 102 Å². The maximum atomic E-state index is 12.6. The zero-order chi connectivity index (χ0) is 21.8. The molecule has 0 radical (unpaired) electrons. The Morgan fingerprint density at radius 1 is 1.17 bits per heavy atom. The molecule has 0 unspecified atom stereocenters. The third kappa shape index (κ3) is 4.88. The number of benzene rings is 1. The Bertz CT molecular complexity index is 1080. The maximum absolute atomic E-state index is 12.6. The van der Waals surface area contributed by atoms with E-state index >= 15 is 0 Å². The summed E-state index contributed by atoms with van der Waals surface area (Å²) in [4.78, 5) is 34.5. The van der Waals surface area contributed by atoms with Crippen molar-refractivity contribution >= 4 is 35.0 Å². The Balaban J connectivity index is 1.66. The molecule has 0 spiro atoms. The highest BCUT2D eigenvalue weighted by molar-refractivity contribution is 7.98. The summed E-state index contributed by atoms with van der Waals surface area (Å²) >= 11 is 1.44. The van der Waals surface area contributed by atoms with Crippen LogP contribution in [0.15, 0.2) is 29.4 Å². The predicted molar refractivity (Wildman–Crippen MR) is 115 cm³/mol. The monoisotopic (exact) mass is 428 g/mol. The summed E-state index contributed by atoms with van der Waals surface area (Å²) in [5.41, 5.74) is 3.06. The highest BCUT2D eigenvalue weighted by Crippen LogP contribution is 2.19. The molecule has 10 heteroatoms. The van der Waals surface area contributed by atoms with Gasteiger partial charge >= 0.3 is 0 Å². The molecule has 0 fully saturated rings. The smallest absolute Gasteiger partial charge is 0.259 e. The fraction of sp³-hybridized carbons (Fsp3) is 0.350. The number of nitrogens with one attached hydrogen (secondary N) is 1. The molecule has 3 aromatic rings. The Kier molecular flexibility index (Phi) is 6.56. The normalized spacial score (nSPS) is 10.8. The first-order valence-corrected chi connectivity index (χ1v) is 10.5. The molecule has 2 amide bonds. The third-order valence-electron chi connectivity index (χ3n) is 4.55. The molecular formula is C20H24N6O3S. The summed E-state index contributed by atoms with van der Waals surface area (Å²) in [6.45, 7) is 3.74. The molecule has 9 nitrogen and oxygen atoms in total. The van der Waals surface area contributed by atoms with Gasteiger partial charge in [0.15, 0.2) is 6.61 Å². The van der Waals surface area contributed by atoms with Gasteiger partial charge in [0.25, 0.3) is 11.7 Å². The van der Waals surface area contributed by atoms with Gasteiger partial charge in [0, 0.05) is 36.7 Å². The Labute approximate surface area is 178 Å². The number of hydrogen-bond donors (Lipinski definition) is 1. The lowest BCUT2D eigenvalue weighted by Crippen LogP contribution is -2.27. The average molecular weight is 429 g/mol. The second-order valence-corrected chi connectivity index (χ2v) is 7.67. The van der Waals surface area contributed by atoms with Crippen LogP contribution in [0.25, 0.3) is 5.78 Å². The summed E-state index contributed by atoms with van der Waals surface area (Å²) in [6.07, 6.45) is 2.08. The van der Waals surface area contributed by atoms with Gasteiger partial charge in [-0.05, 0) is 44.4 Å². The van der Waals surface area contributed by atoms with Crippen LogP contribution in [0.3, 0.4) is 0 Å². The number of fused-ring (bicyclic) bond motifs is 1. The van der Waals surface area contributed by atoms with Crippen molar-refractivity contribution in [1.29, 1.82) is 0 Å². The van der Waals surface area contributed by atoms with E-state index in [0.29, 0.717) is 22.4 Å². The van der Waals surface area contributed by atoms with Crippen molar-refractivity contribution in [2.75, 3.05) is 32.3 Å². The van der Waals surface area contributed by atoms with Crippen molar-refractivity contribution in [3.63, 3.8) is 0 Å². The van der Waals surface area contributed by atoms with Crippen molar-refractivity contribution in [1.82, 2.24) is 24.5 Å². The molecule has 0 aliphatic carbocycles. The molecular weight excluding hydrogens is 404 g/mol. The number of carbonyl (C=O) groups is 2. The van der Waals surface area contributed by atoms with E-state index in [-0.39, 0.29) is 24.8 Å². The second-order valence-electron chi connectivity index (χ2n) is 6.90. The van der Waals surface area contributed by atoms with Gasteiger partial charge in [0.2, 0.25) is 11.1 Å². The summed E-state index contributed by atoms with van der Waals surface area (Å²) in [6, 6.07) is 6.89. The van der Waals surface area contributed by atoms with Gasteiger partial charge in [0.05, 0.1) is 6.42 Å². The zero-order valence-electron chi connectivity index (χ0n) is 17.6. The van der Waals surface area contributed by atoms with Gasteiger partial charge in [-0.1, -0.05) is 11.8 Å². The summed E-state index contributed by atoms with van der Waals surface area (Å²) in [5.74, 6) is 0.798. The Morgan fingerprint density at radius 2 is 1.87 bits per heavy atom. The minimum absolute atomic E-state index is 0.0344. The van der Waals surface area contributed by atoms with E-state index in [1.807, 2.05) is 20.1 Å². The predicted octanol–water partition coefficient (Wildman–Crippen LogP) is 2.11. The molecule has 0 atom stereocenters. The highest BCUT2D eigenvalue weighted by atomic mass is 32.2. The number of likely N-dealkylation sites (N-methyl/N-ethyl adjacent to an activating group) is 1. The van der Waals surface area contributed by atoms with Gasteiger partial charge in [-0.15, -0.1) is 5.10 Å². The molecule has 0 saturated heterocycles. The lowest BCUT2D eigenvalue weighted by Gasteiger charge is -2.12. The standard InChI is InChI=1S/C20H24N6O3S/c1-12-16(13(2)26-19(21-12)23-20(24-26)30-5)10-17(27)22-14-6-8-15(9-7-14)29-11-18(28)25(3)4/h6-9H,10-11H2,1-5H3,(H,22,27). The Hall–Kier alpha value is -3.14. The van der Waals surface area contributed by atoms with Crippen LogP contribution >= 0.6 is 11.8 Å². The summed E-state index contributed by atoms with van der Waals surface area (Å²) in [7, 11) is 3.34. The first kappa shape index (κ1) is 21.6. The lowest BCUT2D eigenvalue weighted by molar-refractivity contribution is -0.130. The van der Waals surface area contributed by atoms with E-state index < -0.39 is 0 Å². The van der Waals surface area contributed by atoms with Crippen molar-refractivity contribution in [3.05, 3.63) is 41.2 Å². The van der Waals surface area contributed by atoms with Crippen LogP contribution in [0, 0.1) is 13.8 Å². The summed E-state index contributed by atoms with van der Waals surface area (Å²) < 4.78 is 7.11. The quantitative estimate of drug-likeness (QED) is 0.575. The molecule has 30 heavy (non-hydrogen) atoms. The first-order valence-electron chi connectivity index (χ1n) is 9.28. The molecule has 0 bridgehead atoms. The number of amides is 2. The fourth-order valence-corrected chi connectivity index (χ4v) is 3.14. The number of carbonyl (C=O) groups excluding carboxylic acids is 2. The second kappa shape index (κ2) is 9.12. The lowest BCUT2D eigenvalue weighted by atomic mass is 10.1. The van der Waals surface area contributed by atoms with Gasteiger partial charge in [-0.3, -0.25) is 9.59 Å². The van der Waals surface area contributed by atoms with Crippen LogP contribution in [-0.4, -0.2) is 63.3 Å². The molecule has 2 heterocycles. The number of ether oxygens (including phenoxy) is 1. The number of anilines is 1. The number of aromatic nitrogens is 4. The van der Waals surface area contributed by atoms with Crippen molar-refractivity contribution in [2.24, 2.45) is 0 Å². The van der Waals surface area contributed by atoms with Crippen LogP contribution in [0.2, 0.25) is 0 Å². The van der Waals surface area contributed by atoms with E-state index in [2.05, 4.69) is 20.4 Å². The van der Waals surface area contributed by atoms with Gasteiger partial charge in [0.1, 0.15) is 5.75 Å². The number of hydrogen-bond acceptors (Lipinski definition) is 7. The fourth-order valence-electron chi connectivity index (χ4n) is 2.81. The Morgan fingerprint density at radius 3 is 2.50 bits per heavy atom.